The maximum Gasteiger partial charge on any atom is 0.133 e. The van der Waals surface area contributed by atoms with Crippen molar-refractivity contribution in [3.05, 3.63) is 59.7 Å². The summed E-state index contributed by atoms with van der Waals surface area (Å²) in [6.45, 7) is 0. The van der Waals surface area contributed by atoms with Gasteiger partial charge in [-0.15, -0.1) is 0 Å². The van der Waals surface area contributed by atoms with E-state index in [0.29, 0.717) is 5.75 Å². The van der Waals surface area contributed by atoms with Gasteiger partial charge in [-0.2, -0.15) is 0 Å². The van der Waals surface area contributed by atoms with Gasteiger partial charge in [-0.05, 0) is 17.7 Å². The predicted molar refractivity (Wildman–Crippen MR) is 65.5 cm³/mol. The molecule has 2 aromatic rings. The SMILES string of the molecule is Fc1cc(F)cc(Oc2ccc(CBr)cc2)c1. The highest BCUT2D eigenvalue weighted by atomic mass is 79.9. The molecule has 0 unspecified atom stereocenters. The number of alkyl halides is 1. The molecule has 2 rings (SSSR count). The number of benzene rings is 2. The fourth-order valence-corrected chi connectivity index (χ4v) is 1.74. The molecule has 0 aliphatic carbocycles. The molecule has 0 bridgehead atoms. The lowest BCUT2D eigenvalue weighted by molar-refractivity contribution is 0.468. The van der Waals surface area contributed by atoms with Gasteiger partial charge in [0.15, 0.2) is 0 Å². The number of hydrogen-bond donors (Lipinski definition) is 0. The highest BCUT2D eigenvalue weighted by Crippen LogP contribution is 2.23. The largest absolute Gasteiger partial charge is 0.457 e. The van der Waals surface area contributed by atoms with Crippen LogP contribution in [0.3, 0.4) is 0 Å². The summed E-state index contributed by atoms with van der Waals surface area (Å²) in [6, 6.07) is 10.3. The maximum atomic E-state index is 12.9. The molecule has 0 atom stereocenters. The van der Waals surface area contributed by atoms with Gasteiger partial charge in [0.1, 0.15) is 23.1 Å². The van der Waals surface area contributed by atoms with Gasteiger partial charge in [0.25, 0.3) is 0 Å². The van der Waals surface area contributed by atoms with Crippen LogP contribution < -0.4 is 4.74 Å². The molecule has 0 saturated heterocycles. The summed E-state index contributed by atoms with van der Waals surface area (Å²) in [6.07, 6.45) is 0. The summed E-state index contributed by atoms with van der Waals surface area (Å²) in [5.74, 6) is -0.622. The van der Waals surface area contributed by atoms with Gasteiger partial charge >= 0.3 is 0 Å². The van der Waals surface area contributed by atoms with Gasteiger partial charge in [-0.3, -0.25) is 0 Å². The van der Waals surface area contributed by atoms with E-state index in [1.807, 2.05) is 12.1 Å². The van der Waals surface area contributed by atoms with Crippen LogP contribution in [0.5, 0.6) is 11.5 Å². The molecular weight excluding hydrogens is 290 g/mol. The normalized spacial score (nSPS) is 10.3. The first-order chi connectivity index (χ1) is 8.17. The molecule has 1 nitrogen and oxygen atoms in total. The van der Waals surface area contributed by atoms with E-state index in [1.54, 1.807) is 12.1 Å². The number of halogens is 3. The van der Waals surface area contributed by atoms with E-state index < -0.39 is 11.6 Å². The van der Waals surface area contributed by atoms with Crippen molar-refractivity contribution in [1.82, 2.24) is 0 Å². The Bertz CT molecular complexity index is 491. The smallest absolute Gasteiger partial charge is 0.133 e. The van der Waals surface area contributed by atoms with E-state index >= 15 is 0 Å². The molecule has 0 radical (unpaired) electrons. The molecule has 0 heterocycles. The predicted octanol–water partition coefficient (Wildman–Crippen LogP) is 4.65. The molecule has 0 amide bonds. The lowest BCUT2D eigenvalue weighted by atomic mass is 10.2. The third-order valence-electron chi connectivity index (χ3n) is 2.15. The van der Waals surface area contributed by atoms with Gasteiger partial charge in [0.2, 0.25) is 0 Å². The van der Waals surface area contributed by atoms with Crippen molar-refractivity contribution in [3.63, 3.8) is 0 Å². The van der Waals surface area contributed by atoms with Crippen LogP contribution in [-0.4, -0.2) is 0 Å². The zero-order valence-corrected chi connectivity index (χ0v) is 10.4. The van der Waals surface area contributed by atoms with Gasteiger partial charge in [0.05, 0.1) is 0 Å². The summed E-state index contributed by atoms with van der Waals surface area (Å²) >= 11 is 3.33. The Kier molecular flexibility index (Phi) is 3.74. The van der Waals surface area contributed by atoms with Crippen LogP contribution in [0, 0.1) is 11.6 Å². The second-order valence-corrected chi connectivity index (χ2v) is 4.05. The topological polar surface area (TPSA) is 9.23 Å². The third-order valence-corrected chi connectivity index (χ3v) is 2.80. The first kappa shape index (κ1) is 12.0. The van der Waals surface area contributed by atoms with E-state index in [4.69, 9.17) is 4.74 Å². The Labute approximate surface area is 106 Å². The molecule has 17 heavy (non-hydrogen) atoms. The Morgan fingerprint density at radius 1 is 0.882 bits per heavy atom. The molecule has 0 aliphatic rings. The molecule has 0 spiro atoms. The summed E-state index contributed by atoms with van der Waals surface area (Å²) in [4.78, 5) is 0. The first-order valence-electron chi connectivity index (χ1n) is 4.96. The van der Waals surface area contributed by atoms with E-state index in [9.17, 15) is 8.78 Å². The van der Waals surface area contributed by atoms with Crippen LogP contribution in [0.4, 0.5) is 8.78 Å². The molecule has 0 fully saturated rings. The Morgan fingerprint density at radius 3 is 2.00 bits per heavy atom. The van der Waals surface area contributed by atoms with Crippen LogP contribution in [0.1, 0.15) is 5.56 Å². The minimum atomic E-state index is -0.655. The number of rotatable bonds is 3. The monoisotopic (exact) mass is 298 g/mol. The molecule has 4 heteroatoms. The van der Waals surface area contributed by atoms with Crippen LogP contribution in [-0.2, 0) is 5.33 Å². The second-order valence-electron chi connectivity index (χ2n) is 3.48. The fourth-order valence-electron chi connectivity index (χ4n) is 1.37. The molecule has 2 aromatic carbocycles. The number of hydrogen-bond acceptors (Lipinski definition) is 1. The highest BCUT2D eigenvalue weighted by Gasteiger charge is 2.02. The van der Waals surface area contributed by atoms with Crippen LogP contribution in [0.15, 0.2) is 42.5 Å². The second kappa shape index (κ2) is 5.27. The third kappa shape index (κ3) is 3.27. The molecule has 88 valence electrons. The van der Waals surface area contributed by atoms with Crippen molar-refractivity contribution in [3.8, 4) is 11.5 Å². The average Bonchev–Trinajstić information content (AvgIpc) is 2.28. The average molecular weight is 299 g/mol. The van der Waals surface area contributed by atoms with E-state index in [1.165, 1.54) is 0 Å². The minimum Gasteiger partial charge on any atom is -0.457 e. The fraction of sp³-hybridized carbons (Fsp3) is 0.0769. The molecule has 0 aliphatic heterocycles. The van der Waals surface area contributed by atoms with Gasteiger partial charge in [-0.1, -0.05) is 28.1 Å². The van der Waals surface area contributed by atoms with Crippen LogP contribution >= 0.6 is 15.9 Å². The van der Waals surface area contributed by atoms with E-state index in [-0.39, 0.29) is 5.75 Å². The standard InChI is InChI=1S/C13H9BrF2O/c14-8-9-1-3-12(4-2-9)17-13-6-10(15)5-11(16)7-13/h1-7H,8H2. The number of ether oxygens (including phenoxy) is 1. The zero-order chi connectivity index (χ0) is 12.3. The van der Waals surface area contributed by atoms with E-state index in [2.05, 4.69) is 15.9 Å². The van der Waals surface area contributed by atoms with E-state index in [0.717, 1.165) is 29.1 Å². The lowest BCUT2D eigenvalue weighted by Gasteiger charge is -2.06. The minimum absolute atomic E-state index is 0.147. The Morgan fingerprint density at radius 2 is 1.47 bits per heavy atom. The Hall–Kier alpha value is -1.42. The van der Waals surface area contributed by atoms with Crippen molar-refractivity contribution in [2.45, 2.75) is 5.33 Å². The molecule has 0 N–H and O–H groups in total. The van der Waals surface area contributed by atoms with Gasteiger partial charge in [0, 0.05) is 23.5 Å². The van der Waals surface area contributed by atoms with Crippen molar-refractivity contribution in [1.29, 1.82) is 0 Å². The maximum absolute atomic E-state index is 12.9. The highest BCUT2D eigenvalue weighted by molar-refractivity contribution is 9.08. The van der Waals surface area contributed by atoms with Gasteiger partial charge in [-0.25, -0.2) is 8.78 Å². The quantitative estimate of drug-likeness (QED) is 0.749. The van der Waals surface area contributed by atoms with Gasteiger partial charge < -0.3 is 4.74 Å². The summed E-state index contributed by atoms with van der Waals surface area (Å²) in [5, 5.41) is 0.752. The van der Waals surface area contributed by atoms with Crippen molar-refractivity contribution in [2.75, 3.05) is 0 Å². The molecular formula is C13H9BrF2O. The Balaban J connectivity index is 2.19. The summed E-state index contributed by atoms with van der Waals surface area (Å²) in [5.41, 5.74) is 1.10. The molecule has 0 saturated carbocycles. The first-order valence-corrected chi connectivity index (χ1v) is 6.08. The lowest BCUT2D eigenvalue weighted by Crippen LogP contribution is -1.88. The van der Waals surface area contributed by atoms with Crippen LogP contribution in [0.25, 0.3) is 0 Å². The van der Waals surface area contributed by atoms with Crippen LogP contribution in [0.2, 0.25) is 0 Å². The van der Waals surface area contributed by atoms with Crippen molar-refractivity contribution >= 4 is 15.9 Å². The summed E-state index contributed by atoms with van der Waals surface area (Å²) in [7, 11) is 0. The molecule has 0 aromatic heterocycles. The van der Waals surface area contributed by atoms with Crippen molar-refractivity contribution in [2.24, 2.45) is 0 Å². The zero-order valence-electron chi connectivity index (χ0n) is 8.79. The van der Waals surface area contributed by atoms with Crippen molar-refractivity contribution < 1.29 is 13.5 Å². The summed E-state index contributed by atoms with van der Waals surface area (Å²) < 4.78 is 31.2.